The van der Waals surface area contributed by atoms with Gasteiger partial charge in [0.2, 0.25) is 0 Å². The third-order valence-corrected chi connectivity index (χ3v) is 3.90. The van der Waals surface area contributed by atoms with E-state index in [0.717, 1.165) is 0 Å². The van der Waals surface area contributed by atoms with Crippen LogP contribution in [0.3, 0.4) is 0 Å². The first-order valence-electron chi connectivity index (χ1n) is 5.55. The highest BCUT2D eigenvalue weighted by atomic mass is 35.5. The molecule has 0 amide bonds. The molecule has 1 aromatic heterocycles. The van der Waals surface area contributed by atoms with Crippen LogP contribution >= 0.6 is 23.2 Å². The number of aromatic nitrogens is 4. The number of aliphatic carboxylic acids is 1. The van der Waals surface area contributed by atoms with Crippen molar-refractivity contribution < 1.29 is 9.90 Å². The molecule has 1 fully saturated rings. The van der Waals surface area contributed by atoms with Gasteiger partial charge >= 0.3 is 5.97 Å². The van der Waals surface area contributed by atoms with E-state index in [2.05, 4.69) is 15.5 Å². The normalized spacial score (nSPS) is 21.4. The number of nitrogens with zero attached hydrogens (tertiary/aromatic N) is 4. The monoisotopic (exact) mass is 298 g/mol. The molecule has 98 valence electrons. The summed E-state index contributed by atoms with van der Waals surface area (Å²) < 4.78 is 1.45. The first kappa shape index (κ1) is 12.4. The van der Waals surface area contributed by atoms with Gasteiger partial charge < -0.3 is 5.11 Å². The van der Waals surface area contributed by atoms with Gasteiger partial charge in [0, 0.05) is 5.92 Å². The van der Waals surface area contributed by atoms with Gasteiger partial charge in [-0.15, -0.1) is 5.10 Å². The predicted molar refractivity (Wildman–Crippen MR) is 67.7 cm³/mol. The Morgan fingerprint density at radius 1 is 1.42 bits per heavy atom. The third kappa shape index (κ3) is 2.06. The zero-order valence-corrected chi connectivity index (χ0v) is 11.0. The number of carboxylic acid groups (broad SMARTS) is 1. The van der Waals surface area contributed by atoms with Crippen molar-refractivity contribution in [1.82, 2.24) is 20.2 Å². The predicted octanol–water partition coefficient (Wildman–Crippen LogP) is 2.16. The molecule has 2 aromatic rings. The zero-order chi connectivity index (χ0) is 13.6. The van der Waals surface area contributed by atoms with Crippen molar-refractivity contribution in [3.63, 3.8) is 0 Å². The molecule has 0 bridgehead atoms. The van der Waals surface area contributed by atoms with Crippen LogP contribution in [0.15, 0.2) is 18.2 Å². The number of rotatable bonds is 3. The minimum atomic E-state index is -0.836. The second-order valence-electron chi connectivity index (χ2n) is 4.31. The molecule has 0 saturated heterocycles. The van der Waals surface area contributed by atoms with Gasteiger partial charge in [-0.3, -0.25) is 4.79 Å². The molecule has 0 spiro atoms. The first-order valence-corrected chi connectivity index (χ1v) is 6.30. The third-order valence-electron chi connectivity index (χ3n) is 3.09. The van der Waals surface area contributed by atoms with Crippen molar-refractivity contribution in [2.75, 3.05) is 0 Å². The van der Waals surface area contributed by atoms with Crippen LogP contribution in [-0.2, 0) is 4.79 Å². The van der Waals surface area contributed by atoms with E-state index in [-0.39, 0.29) is 5.92 Å². The summed E-state index contributed by atoms with van der Waals surface area (Å²) in [5.41, 5.74) is 0.546. The topological polar surface area (TPSA) is 80.9 Å². The molecule has 1 saturated carbocycles. The molecule has 0 aliphatic heterocycles. The van der Waals surface area contributed by atoms with Gasteiger partial charge in [-0.2, -0.15) is 4.68 Å². The SMILES string of the molecule is O=C(O)C1CC1c1nnnn1-c1cccc(Cl)c1Cl. The lowest BCUT2D eigenvalue weighted by Gasteiger charge is -2.06. The van der Waals surface area contributed by atoms with Crippen LogP contribution in [0, 0.1) is 5.92 Å². The van der Waals surface area contributed by atoms with Crippen molar-refractivity contribution in [1.29, 1.82) is 0 Å². The fraction of sp³-hybridized carbons (Fsp3) is 0.273. The zero-order valence-electron chi connectivity index (χ0n) is 9.49. The second kappa shape index (κ2) is 4.47. The summed E-state index contributed by atoms with van der Waals surface area (Å²) in [4.78, 5) is 10.9. The minimum absolute atomic E-state index is 0.178. The molecule has 1 N–H and O–H groups in total. The van der Waals surface area contributed by atoms with Crippen molar-refractivity contribution >= 4 is 29.2 Å². The molecule has 1 aliphatic carbocycles. The van der Waals surface area contributed by atoms with Gasteiger partial charge in [-0.1, -0.05) is 29.3 Å². The second-order valence-corrected chi connectivity index (χ2v) is 5.09. The lowest BCUT2D eigenvalue weighted by Crippen LogP contribution is -2.06. The lowest BCUT2D eigenvalue weighted by molar-refractivity contribution is -0.138. The summed E-state index contributed by atoms with van der Waals surface area (Å²) in [5.74, 6) is -0.946. The van der Waals surface area contributed by atoms with Crippen molar-refractivity contribution in [3.05, 3.63) is 34.1 Å². The Bertz CT molecular complexity index is 658. The van der Waals surface area contributed by atoms with E-state index in [9.17, 15) is 4.79 Å². The van der Waals surface area contributed by atoms with E-state index >= 15 is 0 Å². The van der Waals surface area contributed by atoms with Crippen molar-refractivity contribution in [2.45, 2.75) is 12.3 Å². The highest BCUT2D eigenvalue weighted by molar-refractivity contribution is 6.43. The summed E-state index contributed by atoms with van der Waals surface area (Å²) in [5, 5.41) is 21.0. The van der Waals surface area contributed by atoms with E-state index in [0.29, 0.717) is 28.0 Å². The van der Waals surface area contributed by atoms with Gasteiger partial charge in [0.1, 0.15) is 0 Å². The van der Waals surface area contributed by atoms with Crippen LogP contribution in [0.4, 0.5) is 0 Å². The summed E-state index contributed by atoms with van der Waals surface area (Å²) in [6.07, 6.45) is 0.536. The maximum absolute atomic E-state index is 10.9. The maximum Gasteiger partial charge on any atom is 0.307 e. The molecule has 2 unspecified atom stereocenters. The fourth-order valence-electron chi connectivity index (χ4n) is 2.01. The molecule has 8 heteroatoms. The summed E-state index contributed by atoms with van der Waals surface area (Å²) >= 11 is 12.1. The van der Waals surface area contributed by atoms with E-state index in [1.807, 2.05) is 0 Å². The first-order chi connectivity index (χ1) is 9.09. The highest BCUT2D eigenvalue weighted by Crippen LogP contribution is 2.47. The van der Waals surface area contributed by atoms with Gasteiger partial charge in [-0.25, -0.2) is 0 Å². The van der Waals surface area contributed by atoms with Crippen LogP contribution in [0.5, 0.6) is 0 Å². The molecule has 2 atom stereocenters. The van der Waals surface area contributed by atoms with Gasteiger partial charge in [0.25, 0.3) is 0 Å². The van der Waals surface area contributed by atoms with Crippen LogP contribution in [-0.4, -0.2) is 31.3 Å². The minimum Gasteiger partial charge on any atom is -0.481 e. The average Bonchev–Trinajstić information content (AvgIpc) is 3.04. The number of tetrazole rings is 1. The Morgan fingerprint density at radius 2 is 2.21 bits per heavy atom. The highest BCUT2D eigenvalue weighted by Gasteiger charge is 2.47. The Hall–Kier alpha value is -1.66. The molecule has 1 heterocycles. The van der Waals surface area contributed by atoms with E-state index in [1.165, 1.54) is 4.68 Å². The summed E-state index contributed by atoms with van der Waals surface area (Å²) in [6, 6.07) is 5.12. The number of carbonyl (C=O) groups is 1. The largest absolute Gasteiger partial charge is 0.481 e. The quantitative estimate of drug-likeness (QED) is 0.939. The standard InChI is InChI=1S/C11H8Cl2N4O2/c12-7-2-1-3-8(9(7)13)17-10(14-15-16-17)5-4-6(5)11(18)19/h1-3,5-6H,4H2,(H,18,19). The van der Waals surface area contributed by atoms with E-state index in [4.69, 9.17) is 28.3 Å². The number of hydrogen-bond donors (Lipinski definition) is 1. The molecule has 3 rings (SSSR count). The maximum atomic E-state index is 10.9. The number of carboxylic acids is 1. The molecular formula is C11H8Cl2N4O2. The number of benzene rings is 1. The smallest absolute Gasteiger partial charge is 0.307 e. The Morgan fingerprint density at radius 3 is 2.89 bits per heavy atom. The Labute approximate surface area is 117 Å². The lowest BCUT2D eigenvalue weighted by atomic mass is 10.2. The number of hydrogen-bond acceptors (Lipinski definition) is 4. The Balaban J connectivity index is 2.01. The molecule has 1 aliphatic rings. The number of halogens is 2. The molecule has 1 aromatic carbocycles. The molecular weight excluding hydrogens is 291 g/mol. The van der Waals surface area contributed by atoms with Gasteiger partial charge in [0.15, 0.2) is 5.82 Å². The molecule has 0 radical (unpaired) electrons. The van der Waals surface area contributed by atoms with Gasteiger partial charge in [0.05, 0.1) is 21.7 Å². The molecule has 6 nitrogen and oxygen atoms in total. The van der Waals surface area contributed by atoms with E-state index < -0.39 is 11.9 Å². The van der Waals surface area contributed by atoms with Crippen LogP contribution in [0.25, 0.3) is 5.69 Å². The van der Waals surface area contributed by atoms with Gasteiger partial charge in [-0.05, 0) is 29.0 Å². The van der Waals surface area contributed by atoms with Crippen LogP contribution < -0.4 is 0 Å². The summed E-state index contributed by atoms with van der Waals surface area (Å²) in [6.45, 7) is 0. The van der Waals surface area contributed by atoms with Crippen molar-refractivity contribution in [2.24, 2.45) is 5.92 Å². The Kier molecular flexibility index (Phi) is 2.91. The van der Waals surface area contributed by atoms with Crippen molar-refractivity contribution in [3.8, 4) is 5.69 Å². The molecule has 19 heavy (non-hydrogen) atoms. The summed E-state index contributed by atoms with van der Waals surface area (Å²) in [7, 11) is 0. The van der Waals surface area contributed by atoms with Crippen LogP contribution in [0.2, 0.25) is 10.0 Å². The fourth-order valence-corrected chi connectivity index (χ4v) is 2.38. The van der Waals surface area contributed by atoms with Crippen LogP contribution in [0.1, 0.15) is 18.2 Å². The van der Waals surface area contributed by atoms with E-state index in [1.54, 1.807) is 18.2 Å². The average molecular weight is 299 g/mol.